The molecule has 6 nitrogen and oxygen atoms in total. The van der Waals surface area contributed by atoms with Crippen molar-refractivity contribution in [2.24, 2.45) is 11.8 Å². The van der Waals surface area contributed by atoms with Gasteiger partial charge in [0.15, 0.2) is 0 Å². The van der Waals surface area contributed by atoms with E-state index < -0.39 is 0 Å². The smallest absolute Gasteiger partial charge is 0.252 e. The maximum atomic E-state index is 12.6. The minimum atomic E-state index is -0.382. The predicted molar refractivity (Wildman–Crippen MR) is 91.5 cm³/mol. The molecule has 2 amide bonds. The largest absolute Gasteiger partial charge is 0.365 e. The first-order valence-electron chi connectivity index (χ1n) is 9.06. The number of hydrogen-bond acceptors (Lipinski definition) is 4. The number of carbonyl (C=O) groups is 2. The highest BCUT2D eigenvalue weighted by atomic mass is 16.5. The zero-order chi connectivity index (χ0) is 18.0. The summed E-state index contributed by atoms with van der Waals surface area (Å²) in [4.78, 5) is 26.6. The summed E-state index contributed by atoms with van der Waals surface area (Å²) in [6.45, 7) is 10.4. The summed E-state index contributed by atoms with van der Waals surface area (Å²) < 4.78 is 11.4. The normalized spacial score (nSPS) is 37.2. The first-order valence-corrected chi connectivity index (χ1v) is 9.06. The van der Waals surface area contributed by atoms with E-state index >= 15 is 0 Å². The summed E-state index contributed by atoms with van der Waals surface area (Å²) >= 11 is 0. The second kappa shape index (κ2) is 7.83. The highest BCUT2D eigenvalue weighted by Crippen LogP contribution is 2.27. The molecule has 138 valence electrons. The Morgan fingerprint density at radius 1 is 1.04 bits per heavy atom. The molecule has 0 aliphatic carbocycles. The third-order valence-corrected chi connectivity index (χ3v) is 5.28. The zero-order valence-corrected chi connectivity index (χ0v) is 15.7. The Morgan fingerprint density at radius 3 is 2.00 bits per heavy atom. The van der Waals surface area contributed by atoms with Crippen LogP contribution >= 0.6 is 0 Å². The van der Waals surface area contributed by atoms with E-state index in [0.29, 0.717) is 6.54 Å². The monoisotopic (exact) mass is 340 g/mol. The summed E-state index contributed by atoms with van der Waals surface area (Å²) in [5.74, 6) is 0.362. The SMILES string of the molecule is C[C@@H]1C[C@@H](C)[C@H](C(=O)N(C)[C@@H](C)CNC(=O)[C@@H]2O[C@H](C)C[C@@H]2C)O1. The molecule has 0 aromatic carbocycles. The van der Waals surface area contributed by atoms with Gasteiger partial charge >= 0.3 is 0 Å². The van der Waals surface area contributed by atoms with Crippen molar-refractivity contribution < 1.29 is 19.1 Å². The van der Waals surface area contributed by atoms with E-state index in [4.69, 9.17) is 9.47 Å². The minimum absolute atomic E-state index is 0.00675. The molecule has 0 aromatic heterocycles. The van der Waals surface area contributed by atoms with Crippen LogP contribution in [-0.2, 0) is 19.1 Å². The first-order chi connectivity index (χ1) is 11.2. The van der Waals surface area contributed by atoms with Crippen LogP contribution in [0, 0.1) is 11.8 Å². The fourth-order valence-corrected chi connectivity index (χ4v) is 3.70. The Morgan fingerprint density at radius 2 is 1.54 bits per heavy atom. The topological polar surface area (TPSA) is 67.9 Å². The van der Waals surface area contributed by atoms with Crippen molar-refractivity contribution in [1.29, 1.82) is 0 Å². The maximum Gasteiger partial charge on any atom is 0.252 e. The third-order valence-electron chi connectivity index (χ3n) is 5.28. The molecular formula is C18H32N2O4. The van der Waals surface area contributed by atoms with Crippen LogP contribution in [0.4, 0.5) is 0 Å². The molecule has 24 heavy (non-hydrogen) atoms. The second-order valence-corrected chi connectivity index (χ2v) is 7.70. The van der Waals surface area contributed by atoms with Crippen LogP contribution in [0.3, 0.4) is 0 Å². The second-order valence-electron chi connectivity index (χ2n) is 7.70. The third kappa shape index (κ3) is 4.28. The maximum absolute atomic E-state index is 12.6. The van der Waals surface area contributed by atoms with Gasteiger partial charge in [0.25, 0.3) is 5.91 Å². The minimum Gasteiger partial charge on any atom is -0.365 e. The first kappa shape index (κ1) is 19.2. The molecule has 2 saturated heterocycles. The molecule has 0 bridgehead atoms. The van der Waals surface area contributed by atoms with Gasteiger partial charge in [0.2, 0.25) is 5.91 Å². The van der Waals surface area contributed by atoms with E-state index in [1.54, 1.807) is 11.9 Å². The van der Waals surface area contributed by atoms with Crippen molar-refractivity contribution in [1.82, 2.24) is 10.2 Å². The number of rotatable bonds is 5. The number of ether oxygens (including phenoxy) is 2. The van der Waals surface area contributed by atoms with Crippen LogP contribution < -0.4 is 5.32 Å². The molecule has 0 saturated carbocycles. The molecule has 0 spiro atoms. The van der Waals surface area contributed by atoms with Gasteiger partial charge in [-0.05, 0) is 45.4 Å². The summed E-state index contributed by atoms with van der Waals surface area (Å²) in [5, 5.41) is 2.92. The van der Waals surface area contributed by atoms with Gasteiger partial charge in [-0.25, -0.2) is 0 Å². The lowest BCUT2D eigenvalue weighted by Crippen LogP contribution is -2.49. The Balaban J connectivity index is 1.82. The number of nitrogens with one attached hydrogen (secondary N) is 1. The van der Waals surface area contributed by atoms with Crippen LogP contribution in [0.2, 0.25) is 0 Å². The van der Waals surface area contributed by atoms with Crippen molar-refractivity contribution >= 4 is 11.8 Å². The van der Waals surface area contributed by atoms with E-state index in [9.17, 15) is 9.59 Å². The van der Waals surface area contributed by atoms with Crippen molar-refractivity contribution in [2.45, 2.75) is 77.9 Å². The van der Waals surface area contributed by atoms with E-state index in [2.05, 4.69) is 5.32 Å². The standard InChI is InChI=1S/C18H32N2O4/c1-10-7-13(4)23-15(10)17(21)19-9-12(3)20(6)18(22)16-11(2)8-14(5)24-16/h10-16H,7-9H2,1-6H3,(H,19,21)/t10-,11+,12-,13+,14+,15+,16+/m0/s1. The molecule has 2 heterocycles. The fourth-order valence-electron chi connectivity index (χ4n) is 3.70. The molecule has 7 atom stereocenters. The molecule has 2 rings (SSSR count). The average Bonchev–Trinajstić information content (AvgIpc) is 3.03. The lowest BCUT2D eigenvalue weighted by atomic mass is 10.0. The molecule has 2 aliphatic heterocycles. The Kier molecular flexibility index (Phi) is 6.26. The molecule has 6 heteroatoms. The number of likely N-dealkylation sites (N-methyl/N-ethyl adjacent to an activating group) is 1. The molecular weight excluding hydrogens is 308 g/mol. The van der Waals surface area contributed by atoms with Crippen molar-refractivity contribution in [3.05, 3.63) is 0 Å². The Bertz CT molecular complexity index is 470. The average molecular weight is 340 g/mol. The predicted octanol–water partition coefficient (Wildman–Crippen LogP) is 1.58. The van der Waals surface area contributed by atoms with Crippen molar-refractivity contribution in [3.63, 3.8) is 0 Å². The van der Waals surface area contributed by atoms with E-state index in [1.807, 2.05) is 34.6 Å². The fraction of sp³-hybridized carbons (Fsp3) is 0.889. The van der Waals surface area contributed by atoms with Crippen LogP contribution in [-0.4, -0.2) is 60.8 Å². The summed E-state index contributed by atoms with van der Waals surface area (Å²) in [5.41, 5.74) is 0. The van der Waals surface area contributed by atoms with Crippen LogP contribution in [0.15, 0.2) is 0 Å². The van der Waals surface area contributed by atoms with Gasteiger partial charge in [-0.3, -0.25) is 9.59 Å². The lowest BCUT2D eigenvalue weighted by molar-refractivity contribution is -0.145. The number of nitrogens with zero attached hydrogens (tertiary/aromatic N) is 1. The number of hydrogen-bond donors (Lipinski definition) is 1. The van der Waals surface area contributed by atoms with Gasteiger partial charge in [0, 0.05) is 19.6 Å². The zero-order valence-electron chi connectivity index (χ0n) is 15.7. The van der Waals surface area contributed by atoms with Crippen molar-refractivity contribution in [3.8, 4) is 0 Å². The molecule has 2 fully saturated rings. The number of carbonyl (C=O) groups excluding carboxylic acids is 2. The summed E-state index contributed by atoms with van der Waals surface area (Å²) in [7, 11) is 1.77. The van der Waals surface area contributed by atoms with Crippen LogP contribution in [0.25, 0.3) is 0 Å². The van der Waals surface area contributed by atoms with Gasteiger partial charge in [-0.15, -0.1) is 0 Å². The molecule has 0 aromatic rings. The van der Waals surface area contributed by atoms with Gasteiger partial charge < -0.3 is 19.7 Å². The lowest BCUT2D eigenvalue weighted by Gasteiger charge is -2.29. The van der Waals surface area contributed by atoms with E-state index in [1.165, 1.54) is 0 Å². The number of amides is 2. The highest BCUT2D eigenvalue weighted by Gasteiger charge is 2.38. The molecule has 1 N–H and O–H groups in total. The quantitative estimate of drug-likeness (QED) is 0.825. The van der Waals surface area contributed by atoms with Crippen molar-refractivity contribution in [2.75, 3.05) is 13.6 Å². The van der Waals surface area contributed by atoms with Crippen LogP contribution in [0.5, 0.6) is 0 Å². The van der Waals surface area contributed by atoms with Crippen LogP contribution in [0.1, 0.15) is 47.5 Å². The molecule has 0 unspecified atom stereocenters. The van der Waals surface area contributed by atoms with E-state index in [-0.39, 0.29) is 54.1 Å². The molecule has 2 aliphatic rings. The van der Waals surface area contributed by atoms with Gasteiger partial charge in [0.05, 0.1) is 12.2 Å². The summed E-state index contributed by atoms with van der Waals surface area (Å²) in [6, 6.07) is -0.0951. The van der Waals surface area contributed by atoms with Gasteiger partial charge in [0.1, 0.15) is 12.2 Å². The van der Waals surface area contributed by atoms with Gasteiger partial charge in [-0.1, -0.05) is 13.8 Å². The van der Waals surface area contributed by atoms with Gasteiger partial charge in [-0.2, -0.15) is 0 Å². The Labute approximate surface area is 145 Å². The van der Waals surface area contributed by atoms with E-state index in [0.717, 1.165) is 12.8 Å². The highest BCUT2D eigenvalue weighted by molar-refractivity contribution is 5.82. The Hall–Kier alpha value is -1.14. The molecule has 0 radical (unpaired) electrons. The summed E-state index contributed by atoms with van der Waals surface area (Å²) in [6.07, 6.45) is 1.31.